The summed E-state index contributed by atoms with van der Waals surface area (Å²) < 4.78 is 0. The molecule has 2 rings (SSSR count). The summed E-state index contributed by atoms with van der Waals surface area (Å²) in [6, 6.07) is 8.46. The van der Waals surface area contributed by atoms with Crippen LogP contribution in [0.2, 0.25) is 29.6 Å². The van der Waals surface area contributed by atoms with Crippen LogP contribution >= 0.6 is 22.7 Å². The van der Waals surface area contributed by atoms with Crippen LogP contribution in [0.15, 0.2) is 35.0 Å². The summed E-state index contributed by atoms with van der Waals surface area (Å²) >= 11 is 2.50. The first-order chi connectivity index (χ1) is 8.43. The smallest absolute Gasteiger partial charge is 0.0442 e. The van der Waals surface area contributed by atoms with Gasteiger partial charge < -0.3 is 0 Å². The molecule has 100 valence electrons. The summed E-state index contributed by atoms with van der Waals surface area (Å²) in [5, 5.41) is 4.21. The quantitative estimate of drug-likeness (QED) is 0.414. The number of rotatable bonds is 1. The van der Waals surface area contributed by atoms with E-state index in [1.165, 1.54) is 9.75 Å². The van der Waals surface area contributed by atoms with Gasteiger partial charge in [0.25, 0.3) is 0 Å². The molecule has 2 radical (unpaired) electrons. The van der Waals surface area contributed by atoms with Gasteiger partial charge in [-0.05, 0) is 22.9 Å². The molecule has 4 heteroatoms. The van der Waals surface area contributed by atoms with E-state index in [4.69, 9.17) is 0 Å². The molecular weight excluding hydrogens is 470 g/mol. The van der Waals surface area contributed by atoms with Crippen LogP contribution in [-0.2, 0) is 0 Å². The first-order valence-corrected chi connectivity index (χ1v) is 24.9. The Balaban J connectivity index is 0.000000307. The molecule has 18 heavy (non-hydrogen) atoms. The van der Waals surface area contributed by atoms with E-state index in [0.29, 0.717) is 0 Å². The largest absolute Gasteiger partial charge is 0.143 e. The molecule has 0 amide bonds. The van der Waals surface area contributed by atoms with Gasteiger partial charge in [-0.25, -0.2) is 0 Å². The summed E-state index contributed by atoms with van der Waals surface area (Å²) in [7, 11) is 0. The molecule has 0 saturated carbocycles. The second kappa shape index (κ2) is 11.8. The fraction of sp³-hybridized carbons (Fsp3) is 0.429. The van der Waals surface area contributed by atoms with Gasteiger partial charge in [0, 0.05) is 9.75 Å². The molecule has 0 aliphatic rings. The van der Waals surface area contributed by atoms with E-state index >= 15 is 0 Å². The molecule has 0 N–H and O–H groups in total. The molecule has 0 spiro atoms. The first kappa shape index (κ1) is 19.0. The van der Waals surface area contributed by atoms with Crippen molar-refractivity contribution >= 4 is 62.2 Å². The standard InChI is InChI=1S/C8H6S2.6CH3.2Sn/c1-3-7(9-5-1)8-4-2-6-10-8;;;;;;;;/h1-6H;6*1H3;;. The molecule has 0 aliphatic heterocycles. The van der Waals surface area contributed by atoms with Crippen molar-refractivity contribution in [2.75, 3.05) is 0 Å². The minimum absolute atomic E-state index is 0.543. The van der Waals surface area contributed by atoms with Gasteiger partial charge in [-0.2, -0.15) is 0 Å². The third-order valence-corrected chi connectivity index (χ3v) is 3.22. The molecule has 0 atom stereocenters. The van der Waals surface area contributed by atoms with E-state index in [2.05, 4.69) is 64.7 Å². The van der Waals surface area contributed by atoms with Crippen molar-refractivity contribution in [3.8, 4) is 9.75 Å². The van der Waals surface area contributed by atoms with Crippen molar-refractivity contribution in [2.24, 2.45) is 0 Å². The van der Waals surface area contributed by atoms with Gasteiger partial charge in [0.15, 0.2) is 0 Å². The van der Waals surface area contributed by atoms with Gasteiger partial charge in [-0.3, -0.25) is 0 Å². The maximum atomic E-state index is 2.36. The average molecular weight is 494 g/mol. The van der Waals surface area contributed by atoms with Gasteiger partial charge in [0.1, 0.15) is 0 Å². The molecule has 0 saturated heterocycles. The number of hydrogen-bond donors (Lipinski definition) is 0. The SMILES string of the molecule is [CH3][Sn]([CH3])[CH3].[CH3][Sn]([CH3])[CH3].c1csc(-c2cccs2)c1. The first-order valence-electron chi connectivity index (χ1n) is 6.04. The molecule has 0 unspecified atom stereocenters. The zero-order chi connectivity index (χ0) is 14.0. The zero-order valence-corrected chi connectivity index (χ0v) is 19.6. The van der Waals surface area contributed by atoms with Crippen LogP contribution in [0.4, 0.5) is 0 Å². The molecule has 0 fully saturated rings. The monoisotopic (exact) mass is 496 g/mol. The van der Waals surface area contributed by atoms with Gasteiger partial charge in [-0.1, -0.05) is 12.1 Å². The van der Waals surface area contributed by atoms with Crippen LogP contribution in [-0.4, -0.2) is 39.5 Å². The van der Waals surface area contributed by atoms with Crippen molar-refractivity contribution in [3.05, 3.63) is 35.0 Å². The van der Waals surface area contributed by atoms with E-state index in [-0.39, 0.29) is 0 Å². The summed E-state index contributed by atoms with van der Waals surface area (Å²) in [5.74, 6) is 0. The van der Waals surface area contributed by atoms with Crippen LogP contribution in [0.3, 0.4) is 0 Å². The Morgan fingerprint density at radius 2 is 0.944 bits per heavy atom. The van der Waals surface area contributed by atoms with Gasteiger partial charge in [-0.15, -0.1) is 22.7 Å². The van der Waals surface area contributed by atoms with Gasteiger partial charge in [0.05, 0.1) is 0 Å². The van der Waals surface area contributed by atoms with Crippen molar-refractivity contribution < 1.29 is 0 Å². The normalized spacial score (nSPS) is 9.56. The predicted octanol–water partition coefficient (Wildman–Crippen LogP) is 6.22. The topological polar surface area (TPSA) is 0 Å². The molecule has 0 aromatic carbocycles. The van der Waals surface area contributed by atoms with Crippen molar-refractivity contribution in [1.82, 2.24) is 0 Å². The molecule has 0 aliphatic carbocycles. The summed E-state index contributed by atoms with van der Waals surface area (Å²) in [4.78, 5) is 16.9. The van der Waals surface area contributed by atoms with E-state index in [1.807, 2.05) is 0 Å². The van der Waals surface area contributed by atoms with E-state index in [9.17, 15) is 0 Å². The Hall–Kier alpha value is 0.997. The Labute approximate surface area is 135 Å². The molecule has 2 aromatic rings. The Bertz CT molecular complexity index is 321. The fourth-order valence-electron chi connectivity index (χ4n) is 0.838. The summed E-state index contributed by atoms with van der Waals surface area (Å²) in [6.45, 7) is 0. The van der Waals surface area contributed by atoms with Crippen molar-refractivity contribution in [1.29, 1.82) is 0 Å². The third kappa shape index (κ3) is 12.1. The molecular formula is C14H24S2Sn2. The zero-order valence-electron chi connectivity index (χ0n) is 12.3. The van der Waals surface area contributed by atoms with E-state index in [0.717, 1.165) is 0 Å². The van der Waals surface area contributed by atoms with Gasteiger partial charge >= 0.3 is 69.2 Å². The second-order valence-corrected chi connectivity index (χ2v) is 24.0. The maximum Gasteiger partial charge on any atom is 0.0442 e. The summed E-state index contributed by atoms with van der Waals surface area (Å²) in [6.07, 6.45) is 0. The Morgan fingerprint density at radius 1 is 0.667 bits per heavy atom. The summed E-state index contributed by atoms with van der Waals surface area (Å²) in [5.41, 5.74) is 0. The second-order valence-electron chi connectivity index (χ2n) is 4.95. The minimum atomic E-state index is -0.543. The van der Waals surface area contributed by atoms with E-state index in [1.54, 1.807) is 22.7 Å². The molecule has 0 bridgehead atoms. The van der Waals surface area contributed by atoms with Crippen molar-refractivity contribution in [3.63, 3.8) is 0 Å². The van der Waals surface area contributed by atoms with Crippen LogP contribution in [0, 0.1) is 0 Å². The van der Waals surface area contributed by atoms with Crippen LogP contribution < -0.4 is 0 Å². The number of thiophene rings is 2. The van der Waals surface area contributed by atoms with Crippen molar-refractivity contribution in [2.45, 2.75) is 29.6 Å². The van der Waals surface area contributed by atoms with Crippen LogP contribution in [0.25, 0.3) is 9.75 Å². The van der Waals surface area contributed by atoms with Crippen LogP contribution in [0.1, 0.15) is 0 Å². The number of hydrogen-bond acceptors (Lipinski definition) is 2. The maximum absolute atomic E-state index is 2.36. The minimum Gasteiger partial charge on any atom is -0.143 e. The molecule has 0 nitrogen and oxygen atoms in total. The Kier molecular flexibility index (Phi) is 12.4. The fourth-order valence-corrected chi connectivity index (χ4v) is 2.42. The van der Waals surface area contributed by atoms with Crippen LogP contribution in [0.5, 0.6) is 0 Å². The predicted molar refractivity (Wildman–Crippen MR) is 94.3 cm³/mol. The molecule has 2 heterocycles. The molecule has 2 aromatic heterocycles. The Morgan fingerprint density at radius 3 is 1.11 bits per heavy atom. The van der Waals surface area contributed by atoms with Gasteiger partial charge in [0.2, 0.25) is 0 Å². The van der Waals surface area contributed by atoms with E-state index < -0.39 is 39.5 Å². The average Bonchev–Trinajstić information content (AvgIpc) is 2.89. The third-order valence-electron chi connectivity index (χ3n) is 1.29.